The summed E-state index contributed by atoms with van der Waals surface area (Å²) in [7, 11) is 1.17. The van der Waals surface area contributed by atoms with Crippen molar-refractivity contribution in [3.05, 3.63) is 0 Å². The number of unbranched alkanes of at least 4 members (excludes halogenated alkanes) is 1. The fourth-order valence-corrected chi connectivity index (χ4v) is 4.06. The maximum absolute atomic E-state index is 5.79. The molecule has 0 N–H and O–H groups in total. The van der Waals surface area contributed by atoms with Crippen LogP contribution in [0.25, 0.3) is 0 Å². The first-order valence-corrected chi connectivity index (χ1v) is 6.83. The molecule has 0 unspecified atom stereocenters. The summed E-state index contributed by atoms with van der Waals surface area (Å²) in [5.74, 6) is 0. The van der Waals surface area contributed by atoms with Crippen LogP contribution < -0.4 is 0 Å². The molecule has 1 rings (SSSR count). The molecule has 0 aliphatic heterocycles. The zero-order chi connectivity index (χ0) is 9.73. The first-order valence-electron chi connectivity index (χ1n) is 5.03. The third kappa shape index (κ3) is 2.77. The molecule has 4 heteroatoms. The van der Waals surface area contributed by atoms with Gasteiger partial charge in [-0.05, 0) is 19.3 Å². The minimum absolute atomic E-state index is 0.569. The third-order valence-electron chi connectivity index (χ3n) is 2.45. The fraction of sp³-hybridized carbons (Fsp3) is 1.00. The Hall–Kier alpha value is 0.0969. The topological polar surface area (TPSA) is 27.7 Å². The number of rotatable bonds is 7. The minimum Gasteiger partial charge on any atom is -0.377 e. The molecule has 0 spiro atoms. The quantitative estimate of drug-likeness (QED) is 0.470. The average Bonchev–Trinajstić information content (AvgIpc) is 2.97. The first-order chi connectivity index (χ1) is 6.29. The van der Waals surface area contributed by atoms with Crippen LogP contribution in [0.1, 0.15) is 32.6 Å². The summed E-state index contributed by atoms with van der Waals surface area (Å²) in [5.41, 5.74) is 0.569. The highest BCUT2D eigenvalue weighted by atomic mass is 28.4. The summed E-state index contributed by atoms with van der Waals surface area (Å²) < 4.78 is 16.7. The van der Waals surface area contributed by atoms with Crippen LogP contribution in [-0.4, -0.2) is 29.6 Å². The van der Waals surface area contributed by atoms with Gasteiger partial charge in [0.2, 0.25) is 0 Å². The van der Waals surface area contributed by atoms with Gasteiger partial charge in [0.05, 0.1) is 0 Å². The maximum Gasteiger partial charge on any atom is 0.503 e. The van der Waals surface area contributed by atoms with E-state index in [0.717, 1.165) is 19.4 Å². The first kappa shape index (κ1) is 11.2. The van der Waals surface area contributed by atoms with Crippen LogP contribution in [0, 0.1) is 0 Å². The monoisotopic (exact) mass is 204 g/mol. The minimum atomic E-state index is -2.25. The van der Waals surface area contributed by atoms with Gasteiger partial charge in [-0.25, -0.2) is 0 Å². The lowest BCUT2D eigenvalue weighted by atomic mass is 10.4. The highest BCUT2D eigenvalue weighted by molar-refractivity contribution is 6.63. The molecule has 0 amide bonds. The van der Waals surface area contributed by atoms with Crippen LogP contribution >= 0.6 is 0 Å². The van der Waals surface area contributed by atoms with Gasteiger partial charge in [-0.2, -0.15) is 0 Å². The van der Waals surface area contributed by atoms with E-state index < -0.39 is 8.80 Å². The Labute approximate surface area is 81.7 Å². The second-order valence-electron chi connectivity index (χ2n) is 3.49. The summed E-state index contributed by atoms with van der Waals surface area (Å²) in [4.78, 5) is 0. The van der Waals surface area contributed by atoms with Crippen molar-refractivity contribution in [2.75, 3.05) is 20.8 Å². The maximum atomic E-state index is 5.79. The molecule has 0 atom stereocenters. The summed E-state index contributed by atoms with van der Waals surface area (Å²) in [6, 6.07) is 0. The van der Waals surface area contributed by atoms with Crippen LogP contribution in [-0.2, 0) is 13.3 Å². The average molecular weight is 204 g/mol. The van der Waals surface area contributed by atoms with Crippen molar-refractivity contribution >= 4 is 8.80 Å². The van der Waals surface area contributed by atoms with Crippen molar-refractivity contribution in [3.63, 3.8) is 0 Å². The Kier molecular flexibility index (Phi) is 4.38. The van der Waals surface area contributed by atoms with E-state index >= 15 is 0 Å². The molecule has 0 aromatic carbocycles. The Bertz CT molecular complexity index is 144. The van der Waals surface area contributed by atoms with Gasteiger partial charge in [0.25, 0.3) is 0 Å². The molecule has 3 nitrogen and oxygen atoms in total. The molecular formula is C9H20O3Si. The molecule has 78 valence electrons. The lowest BCUT2D eigenvalue weighted by Crippen LogP contribution is -2.44. The Morgan fingerprint density at radius 3 is 2.23 bits per heavy atom. The van der Waals surface area contributed by atoms with E-state index in [2.05, 4.69) is 6.92 Å². The fourth-order valence-electron chi connectivity index (χ4n) is 1.45. The second kappa shape index (κ2) is 5.10. The van der Waals surface area contributed by atoms with Crippen molar-refractivity contribution in [2.24, 2.45) is 0 Å². The third-order valence-corrected chi connectivity index (χ3v) is 5.77. The van der Waals surface area contributed by atoms with Crippen molar-refractivity contribution in [1.82, 2.24) is 0 Å². The molecule has 0 aromatic heterocycles. The highest BCUT2D eigenvalue weighted by Crippen LogP contribution is 2.46. The summed E-state index contributed by atoms with van der Waals surface area (Å²) in [6.07, 6.45) is 4.66. The summed E-state index contributed by atoms with van der Waals surface area (Å²) in [5, 5.41) is 0. The molecule has 1 fully saturated rings. The lowest BCUT2D eigenvalue weighted by molar-refractivity contribution is 0.0950. The van der Waals surface area contributed by atoms with Gasteiger partial charge in [-0.3, -0.25) is 0 Å². The van der Waals surface area contributed by atoms with Gasteiger partial charge in [0.1, 0.15) is 0 Å². The van der Waals surface area contributed by atoms with Gasteiger partial charge in [0, 0.05) is 26.4 Å². The second-order valence-corrected chi connectivity index (χ2v) is 6.62. The Morgan fingerprint density at radius 2 is 1.85 bits per heavy atom. The van der Waals surface area contributed by atoms with Crippen molar-refractivity contribution in [3.8, 4) is 0 Å². The molecule has 0 heterocycles. The lowest BCUT2D eigenvalue weighted by Gasteiger charge is -2.26. The van der Waals surface area contributed by atoms with Gasteiger partial charge in [0.15, 0.2) is 0 Å². The molecule has 0 saturated heterocycles. The summed E-state index contributed by atoms with van der Waals surface area (Å²) in [6.45, 7) is 2.93. The molecule has 1 aliphatic rings. The molecule has 13 heavy (non-hydrogen) atoms. The van der Waals surface area contributed by atoms with Crippen LogP contribution in [0.2, 0.25) is 5.54 Å². The molecule has 0 radical (unpaired) electrons. The van der Waals surface area contributed by atoms with Crippen molar-refractivity contribution in [2.45, 2.75) is 38.1 Å². The van der Waals surface area contributed by atoms with Crippen LogP contribution in [0.3, 0.4) is 0 Å². The Morgan fingerprint density at radius 1 is 1.23 bits per heavy atom. The van der Waals surface area contributed by atoms with E-state index in [4.69, 9.17) is 13.3 Å². The largest absolute Gasteiger partial charge is 0.503 e. The molecule has 0 bridgehead atoms. The zero-order valence-electron chi connectivity index (χ0n) is 8.84. The van der Waals surface area contributed by atoms with E-state index in [1.165, 1.54) is 12.8 Å². The highest BCUT2D eigenvalue weighted by Gasteiger charge is 2.53. The summed E-state index contributed by atoms with van der Waals surface area (Å²) >= 11 is 0. The van der Waals surface area contributed by atoms with Gasteiger partial charge >= 0.3 is 8.80 Å². The molecule has 0 aromatic rings. The smallest absolute Gasteiger partial charge is 0.377 e. The zero-order valence-corrected chi connectivity index (χ0v) is 9.84. The van der Waals surface area contributed by atoms with Crippen LogP contribution in [0.4, 0.5) is 0 Å². The van der Waals surface area contributed by atoms with Gasteiger partial charge in [-0.15, -0.1) is 0 Å². The molecule has 1 saturated carbocycles. The molecular weight excluding hydrogens is 184 g/mol. The van der Waals surface area contributed by atoms with E-state index in [9.17, 15) is 0 Å². The van der Waals surface area contributed by atoms with E-state index in [1.807, 2.05) is 0 Å². The van der Waals surface area contributed by atoms with Crippen LogP contribution in [0.5, 0.6) is 0 Å². The van der Waals surface area contributed by atoms with E-state index in [-0.39, 0.29) is 0 Å². The number of hydrogen-bond acceptors (Lipinski definition) is 3. The standard InChI is InChI=1S/C9H20O3Si/c1-4-5-8-12-13(10-2,11-3)9-6-7-9/h9H,4-8H2,1-3H3. The normalized spacial score (nSPS) is 17.8. The SMILES string of the molecule is CCCCO[Si](OC)(OC)C1CC1. The van der Waals surface area contributed by atoms with E-state index in [1.54, 1.807) is 14.2 Å². The van der Waals surface area contributed by atoms with Crippen LogP contribution in [0.15, 0.2) is 0 Å². The van der Waals surface area contributed by atoms with Gasteiger partial charge < -0.3 is 13.3 Å². The predicted molar refractivity (Wildman–Crippen MR) is 53.6 cm³/mol. The molecule has 1 aliphatic carbocycles. The number of hydrogen-bond donors (Lipinski definition) is 0. The van der Waals surface area contributed by atoms with E-state index in [0.29, 0.717) is 5.54 Å². The van der Waals surface area contributed by atoms with Crippen molar-refractivity contribution in [1.29, 1.82) is 0 Å². The predicted octanol–water partition coefficient (Wildman–Crippen LogP) is 2.20. The Balaban J connectivity index is 2.35. The van der Waals surface area contributed by atoms with Crippen molar-refractivity contribution < 1.29 is 13.3 Å². The van der Waals surface area contributed by atoms with Gasteiger partial charge in [-0.1, -0.05) is 13.3 Å².